The van der Waals surface area contributed by atoms with Crippen LogP contribution in [0, 0.1) is 0 Å². The fourth-order valence-electron chi connectivity index (χ4n) is 1.13. The maximum absolute atomic E-state index is 11.5. The monoisotopic (exact) mass is 277 g/mol. The van der Waals surface area contributed by atoms with Gasteiger partial charge < -0.3 is 24.3 Å². The van der Waals surface area contributed by atoms with E-state index in [2.05, 4.69) is 14.8 Å². The second kappa shape index (κ2) is 10.3. The quantitative estimate of drug-likeness (QED) is 0.420. The molecule has 0 aromatic heterocycles. The molecule has 19 heavy (non-hydrogen) atoms. The summed E-state index contributed by atoms with van der Waals surface area (Å²) in [7, 11) is 3.85. The smallest absolute Gasteiger partial charge is 0.328 e. The Morgan fingerprint density at radius 1 is 1.05 bits per heavy atom. The SMILES string of the molecule is COCCOCC(=O)N[C@@H](CC(=O)OC)C(=O)OC. The van der Waals surface area contributed by atoms with Crippen LogP contribution < -0.4 is 5.32 Å². The van der Waals surface area contributed by atoms with E-state index in [4.69, 9.17) is 9.47 Å². The first-order valence-electron chi connectivity index (χ1n) is 5.55. The van der Waals surface area contributed by atoms with Crippen LogP contribution in [-0.4, -0.2) is 65.0 Å². The van der Waals surface area contributed by atoms with Crippen LogP contribution in [0.4, 0.5) is 0 Å². The first-order valence-corrected chi connectivity index (χ1v) is 5.55. The van der Waals surface area contributed by atoms with Crippen LogP contribution >= 0.6 is 0 Å². The van der Waals surface area contributed by atoms with E-state index < -0.39 is 23.9 Å². The lowest BCUT2D eigenvalue weighted by molar-refractivity contribution is -0.151. The van der Waals surface area contributed by atoms with E-state index in [1.807, 2.05) is 0 Å². The number of hydrogen-bond acceptors (Lipinski definition) is 7. The topological polar surface area (TPSA) is 100 Å². The Bertz CT molecular complexity index is 305. The molecule has 0 saturated carbocycles. The van der Waals surface area contributed by atoms with E-state index in [9.17, 15) is 14.4 Å². The highest BCUT2D eigenvalue weighted by Gasteiger charge is 2.24. The molecule has 1 N–H and O–H groups in total. The highest BCUT2D eigenvalue weighted by Crippen LogP contribution is 1.97. The fraction of sp³-hybridized carbons (Fsp3) is 0.727. The zero-order valence-electron chi connectivity index (χ0n) is 11.3. The van der Waals surface area contributed by atoms with Crippen molar-refractivity contribution in [3.63, 3.8) is 0 Å². The zero-order chi connectivity index (χ0) is 14.7. The number of hydrogen-bond donors (Lipinski definition) is 1. The molecule has 0 aliphatic rings. The van der Waals surface area contributed by atoms with Crippen LogP contribution in [0.1, 0.15) is 6.42 Å². The highest BCUT2D eigenvalue weighted by molar-refractivity contribution is 5.88. The molecule has 1 atom stereocenters. The summed E-state index contributed by atoms with van der Waals surface area (Å²) in [4.78, 5) is 33.9. The minimum Gasteiger partial charge on any atom is -0.469 e. The number of carbonyl (C=O) groups excluding carboxylic acids is 3. The molecule has 0 fully saturated rings. The van der Waals surface area contributed by atoms with E-state index >= 15 is 0 Å². The lowest BCUT2D eigenvalue weighted by Crippen LogP contribution is -2.44. The Hall–Kier alpha value is -1.67. The Morgan fingerprint density at radius 3 is 2.26 bits per heavy atom. The van der Waals surface area contributed by atoms with Crippen molar-refractivity contribution in [1.82, 2.24) is 5.32 Å². The van der Waals surface area contributed by atoms with E-state index in [0.717, 1.165) is 7.11 Å². The molecule has 0 radical (unpaired) electrons. The van der Waals surface area contributed by atoms with Gasteiger partial charge in [-0.25, -0.2) is 4.79 Å². The normalized spacial score (nSPS) is 11.5. The first kappa shape index (κ1) is 17.3. The third kappa shape index (κ3) is 8.11. The molecule has 0 aromatic carbocycles. The molecule has 8 heteroatoms. The Morgan fingerprint density at radius 2 is 1.74 bits per heavy atom. The zero-order valence-corrected chi connectivity index (χ0v) is 11.3. The summed E-state index contributed by atoms with van der Waals surface area (Å²) >= 11 is 0. The van der Waals surface area contributed by atoms with Gasteiger partial charge in [0.05, 0.1) is 33.9 Å². The van der Waals surface area contributed by atoms with Gasteiger partial charge in [-0.2, -0.15) is 0 Å². The van der Waals surface area contributed by atoms with E-state index in [1.165, 1.54) is 14.2 Å². The van der Waals surface area contributed by atoms with Crippen molar-refractivity contribution < 1.29 is 33.3 Å². The standard InChI is InChI=1S/C11H19NO7/c1-16-4-5-19-7-9(13)12-8(11(15)18-3)6-10(14)17-2/h8H,4-7H2,1-3H3,(H,12,13)/t8-/m0/s1. The fourth-order valence-corrected chi connectivity index (χ4v) is 1.13. The van der Waals surface area contributed by atoms with Gasteiger partial charge in [0.2, 0.25) is 5.91 Å². The van der Waals surface area contributed by atoms with Crippen LogP contribution in [0.5, 0.6) is 0 Å². The van der Waals surface area contributed by atoms with Gasteiger partial charge in [0.15, 0.2) is 0 Å². The third-order valence-electron chi connectivity index (χ3n) is 2.08. The van der Waals surface area contributed by atoms with Gasteiger partial charge in [0.1, 0.15) is 12.6 Å². The molecule has 0 heterocycles. The lowest BCUT2D eigenvalue weighted by Gasteiger charge is -2.15. The van der Waals surface area contributed by atoms with Crippen molar-refractivity contribution in [3.05, 3.63) is 0 Å². The maximum atomic E-state index is 11.5. The largest absolute Gasteiger partial charge is 0.469 e. The number of esters is 2. The molecule has 8 nitrogen and oxygen atoms in total. The van der Waals surface area contributed by atoms with Crippen molar-refractivity contribution in [2.45, 2.75) is 12.5 Å². The predicted octanol–water partition coefficient (Wildman–Crippen LogP) is -1.13. The second-order valence-corrected chi connectivity index (χ2v) is 3.47. The van der Waals surface area contributed by atoms with Gasteiger partial charge in [-0.15, -0.1) is 0 Å². The highest BCUT2D eigenvalue weighted by atomic mass is 16.5. The Labute approximate surface area is 111 Å². The molecule has 0 rings (SSSR count). The van der Waals surface area contributed by atoms with Gasteiger partial charge in [-0.1, -0.05) is 0 Å². The second-order valence-electron chi connectivity index (χ2n) is 3.47. The van der Waals surface area contributed by atoms with Gasteiger partial charge in [0.25, 0.3) is 0 Å². The van der Waals surface area contributed by atoms with Crippen molar-refractivity contribution in [2.24, 2.45) is 0 Å². The van der Waals surface area contributed by atoms with Crippen molar-refractivity contribution in [1.29, 1.82) is 0 Å². The molecular formula is C11H19NO7. The van der Waals surface area contributed by atoms with Gasteiger partial charge >= 0.3 is 11.9 Å². The lowest BCUT2D eigenvalue weighted by atomic mass is 10.2. The molecule has 0 aromatic rings. The average Bonchev–Trinajstić information content (AvgIpc) is 2.41. The molecule has 110 valence electrons. The van der Waals surface area contributed by atoms with Crippen LogP contribution in [0.3, 0.4) is 0 Å². The van der Waals surface area contributed by atoms with E-state index in [1.54, 1.807) is 0 Å². The summed E-state index contributed by atoms with van der Waals surface area (Å²) in [5.74, 6) is -1.89. The summed E-state index contributed by atoms with van der Waals surface area (Å²) in [5.41, 5.74) is 0. The van der Waals surface area contributed by atoms with Crippen LogP contribution in [0.25, 0.3) is 0 Å². The predicted molar refractivity (Wildman–Crippen MR) is 63.3 cm³/mol. The number of methoxy groups -OCH3 is 3. The summed E-state index contributed by atoms with van der Waals surface area (Å²) in [6, 6.07) is -1.09. The van der Waals surface area contributed by atoms with Crippen LogP contribution in [0.2, 0.25) is 0 Å². The molecule has 0 aliphatic heterocycles. The summed E-state index contributed by atoms with van der Waals surface area (Å²) in [6.45, 7) is 0.373. The van der Waals surface area contributed by atoms with E-state index in [0.29, 0.717) is 6.61 Å². The van der Waals surface area contributed by atoms with Crippen molar-refractivity contribution in [2.75, 3.05) is 41.2 Å². The maximum Gasteiger partial charge on any atom is 0.328 e. The van der Waals surface area contributed by atoms with Gasteiger partial charge in [-0.3, -0.25) is 9.59 Å². The number of nitrogens with one attached hydrogen (secondary N) is 1. The van der Waals surface area contributed by atoms with Gasteiger partial charge in [0, 0.05) is 7.11 Å². The minimum absolute atomic E-state index is 0.238. The Kier molecular flexibility index (Phi) is 9.37. The van der Waals surface area contributed by atoms with Crippen molar-refractivity contribution >= 4 is 17.8 Å². The minimum atomic E-state index is -1.09. The summed E-state index contributed by atoms with van der Waals surface area (Å²) < 4.78 is 18.6. The molecule has 0 aliphatic carbocycles. The molecule has 0 bridgehead atoms. The third-order valence-corrected chi connectivity index (χ3v) is 2.08. The molecule has 0 spiro atoms. The first-order chi connectivity index (χ1) is 9.04. The number of amides is 1. The number of carbonyl (C=O) groups is 3. The van der Waals surface area contributed by atoms with Crippen LogP contribution in [0.15, 0.2) is 0 Å². The summed E-state index contributed by atoms with van der Waals surface area (Å²) in [5, 5.41) is 2.33. The number of ether oxygens (including phenoxy) is 4. The molecular weight excluding hydrogens is 258 g/mol. The number of rotatable bonds is 9. The Balaban J connectivity index is 4.19. The summed E-state index contributed by atoms with van der Waals surface area (Å²) in [6.07, 6.45) is -0.299. The van der Waals surface area contributed by atoms with Crippen molar-refractivity contribution in [3.8, 4) is 0 Å². The molecule has 0 unspecified atom stereocenters. The average molecular weight is 277 g/mol. The molecule has 0 saturated heterocycles. The van der Waals surface area contributed by atoms with E-state index in [-0.39, 0.29) is 19.6 Å². The molecule has 1 amide bonds. The van der Waals surface area contributed by atoms with Gasteiger partial charge in [-0.05, 0) is 0 Å². The van der Waals surface area contributed by atoms with Crippen LogP contribution in [-0.2, 0) is 33.3 Å².